The van der Waals surface area contributed by atoms with Gasteiger partial charge < -0.3 is 11.1 Å². The van der Waals surface area contributed by atoms with E-state index in [0.29, 0.717) is 18.2 Å². The van der Waals surface area contributed by atoms with Crippen LogP contribution < -0.4 is 16.6 Å². The lowest BCUT2D eigenvalue weighted by molar-refractivity contribution is -0.117. The monoisotopic (exact) mass is 344 g/mol. The summed E-state index contributed by atoms with van der Waals surface area (Å²) in [7, 11) is 0. The van der Waals surface area contributed by atoms with Crippen molar-refractivity contribution in [3.05, 3.63) is 58.8 Å². The van der Waals surface area contributed by atoms with Crippen LogP contribution in [0.3, 0.4) is 0 Å². The van der Waals surface area contributed by atoms with E-state index < -0.39 is 5.82 Å². The number of carbonyl (C=O) groups is 1. The third-order valence-corrected chi connectivity index (χ3v) is 4.44. The summed E-state index contributed by atoms with van der Waals surface area (Å²) in [5, 5.41) is 2.58. The summed E-state index contributed by atoms with van der Waals surface area (Å²) < 4.78 is 15.6. The van der Waals surface area contributed by atoms with Crippen LogP contribution in [0.2, 0.25) is 0 Å². The molecular weight excluding hydrogens is 323 g/mol. The van der Waals surface area contributed by atoms with Gasteiger partial charge in [0.15, 0.2) is 0 Å². The van der Waals surface area contributed by atoms with Crippen LogP contribution in [0, 0.1) is 11.7 Å². The molecule has 1 amide bonds. The van der Waals surface area contributed by atoms with E-state index in [2.05, 4.69) is 5.32 Å². The van der Waals surface area contributed by atoms with Crippen LogP contribution in [-0.4, -0.2) is 41.1 Å². The highest BCUT2D eigenvalue weighted by Gasteiger charge is 2.27. The Hall–Kier alpha value is -2.51. The average Bonchev–Trinajstić information content (AvgIpc) is 2.87. The Bertz CT molecular complexity index is 826. The SMILES string of the molecule is CC1CN(CC(=O)Nc2ccc(-n3ccccc3=O)cc2F)CC1N. The molecule has 2 heterocycles. The highest BCUT2D eigenvalue weighted by Crippen LogP contribution is 2.18. The van der Waals surface area contributed by atoms with Gasteiger partial charge in [-0.3, -0.25) is 19.1 Å². The number of benzene rings is 1. The standard InChI is InChI=1S/C18H21FN4O2/c1-12-9-22(10-15(12)20)11-17(24)21-16-6-5-13(8-14(16)19)23-7-3-2-4-18(23)25/h2-8,12,15H,9-11,20H2,1H3,(H,21,24). The summed E-state index contributed by atoms with van der Waals surface area (Å²) in [5.41, 5.74) is 6.19. The van der Waals surface area contributed by atoms with Gasteiger partial charge in [0.05, 0.1) is 17.9 Å². The fourth-order valence-electron chi connectivity index (χ4n) is 3.01. The summed E-state index contributed by atoms with van der Waals surface area (Å²) in [6.45, 7) is 3.64. The maximum atomic E-state index is 14.3. The van der Waals surface area contributed by atoms with Crippen LogP contribution in [-0.2, 0) is 4.79 Å². The number of rotatable bonds is 4. The van der Waals surface area contributed by atoms with Gasteiger partial charge in [0.2, 0.25) is 5.91 Å². The lowest BCUT2D eigenvalue weighted by Crippen LogP contribution is -2.34. The molecule has 132 valence electrons. The Balaban J connectivity index is 1.68. The number of aromatic nitrogens is 1. The van der Waals surface area contributed by atoms with Crippen molar-refractivity contribution in [2.24, 2.45) is 11.7 Å². The van der Waals surface area contributed by atoms with Gasteiger partial charge in [-0.15, -0.1) is 0 Å². The third-order valence-electron chi connectivity index (χ3n) is 4.44. The molecule has 2 aromatic rings. The lowest BCUT2D eigenvalue weighted by atomic mass is 10.1. The number of nitrogens with two attached hydrogens (primary N) is 1. The molecule has 3 N–H and O–H groups in total. The summed E-state index contributed by atoms with van der Waals surface area (Å²) in [6, 6.07) is 9.05. The number of pyridine rings is 1. The highest BCUT2D eigenvalue weighted by atomic mass is 19.1. The first-order valence-electron chi connectivity index (χ1n) is 8.19. The summed E-state index contributed by atoms with van der Waals surface area (Å²) >= 11 is 0. The zero-order valence-electron chi connectivity index (χ0n) is 14.0. The number of hydrogen-bond donors (Lipinski definition) is 2. The number of nitrogens with zero attached hydrogens (tertiary/aromatic N) is 2. The fraction of sp³-hybridized carbons (Fsp3) is 0.333. The Morgan fingerprint density at radius 3 is 2.76 bits per heavy atom. The van der Waals surface area contributed by atoms with Gasteiger partial charge in [-0.2, -0.15) is 0 Å². The molecule has 1 saturated heterocycles. The molecule has 0 radical (unpaired) electrons. The largest absolute Gasteiger partial charge is 0.326 e. The zero-order chi connectivity index (χ0) is 18.0. The van der Waals surface area contributed by atoms with E-state index in [-0.39, 0.29) is 29.7 Å². The molecule has 2 unspecified atom stereocenters. The van der Waals surface area contributed by atoms with E-state index in [0.717, 1.165) is 6.54 Å². The smallest absolute Gasteiger partial charge is 0.255 e. The number of anilines is 1. The molecular formula is C18H21FN4O2. The summed E-state index contributed by atoms with van der Waals surface area (Å²) in [6.07, 6.45) is 1.56. The molecule has 0 saturated carbocycles. The number of carbonyl (C=O) groups excluding carboxylic acids is 1. The summed E-state index contributed by atoms with van der Waals surface area (Å²) in [5.74, 6) is -0.536. The number of hydrogen-bond acceptors (Lipinski definition) is 4. The first-order chi connectivity index (χ1) is 11.9. The first-order valence-corrected chi connectivity index (χ1v) is 8.19. The van der Waals surface area contributed by atoms with Crippen LogP contribution in [0.25, 0.3) is 5.69 Å². The molecule has 1 fully saturated rings. The minimum Gasteiger partial charge on any atom is -0.326 e. The second kappa shape index (κ2) is 7.16. The molecule has 7 heteroatoms. The number of nitrogens with one attached hydrogen (secondary N) is 1. The van der Waals surface area contributed by atoms with Crippen LogP contribution >= 0.6 is 0 Å². The first kappa shape index (κ1) is 17.3. The van der Waals surface area contributed by atoms with Crippen LogP contribution in [0.5, 0.6) is 0 Å². The fourth-order valence-corrected chi connectivity index (χ4v) is 3.01. The number of likely N-dealkylation sites (tertiary alicyclic amines) is 1. The van der Waals surface area contributed by atoms with Gasteiger partial charge >= 0.3 is 0 Å². The maximum Gasteiger partial charge on any atom is 0.255 e. The van der Waals surface area contributed by atoms with Gasteiger partial charge in [0, 0.05) is 37.5 Å². The van der Waals surface area contributed by atoms with E-state index >= 15 is 0 Å². The van der Waals surface area contributed by atoms with E-state index in [9.17, 15) is 14.0 Å². The summed E-state index contributed by atoms with van der Waals surface area (Å²) in [4.78, 5) is 25.9. The Labute approximate surface area is 145 Å². The number of amides is 1. The molecule has 25 heavy (non-hydrogen) atoms. The van der Waals surface area contributed by atoms with Crippen molar-refractivity contribution in [3.8, 4) is 5.69 Å². The van der Waals surface area contributed by atoms with Crippen LogP contribution in [0.1, 0.15) is 6.92 Å². The Morgan fingerprint density at radius 2 is 2.12 bits per heavy atom. The quantitative estimate of drug-likeness (QED) is 0.873. The molecule has 0 bridgehead atoms. The van der Waals surface area contributed by atoms with Gasteiger partial charge in [0.25, 0.3) is 5.56 Å². The molecule has 1 aromatic heterocycles. The lowest BCUT2D eigenvalue weighted by Gasteiger charge is -2.15. The predicted molar refractivity (Wildman–Crippen MR) is 94.2 cm³/mol. The van der Waals surface area contributed by atoms with Gasteiger partial charge in [-0.1, -0.05) is 13.0 Å². The van der Waals surface area contributed by atoms with Gasteiger partial charge in [-0.05, 0) is 24.1 Å². The maximum absolute atomic E-state index is 14.3. The van der Waals surface area contributed by atoms with Crippen molar-refractivity contribution >= 4 is 11.6 Å². The van der Waals surface area contributed by atoms with Crippen molar-refractivity contribution in [3.63, 3.8) is 0 Å². The van der Waals surface area contributed by atoms with Gasteiger partial charge in [-0.25, -0.2) is 4.39 Å². The van der Waals surface area contributed by atoms with Crippen molar-refractivity contribution in [1.82, 2.24) is 9.47 Å². The molecule has 0 spiro atoms. The normalized spacial score (nSPS) is 20.6. The van der Waals surface area contributed by atoms with Gasteiger partial charge in [0.1, 0.15) is 5.82 Å². The number of halogens is 1. The topological polar surface area (TPSA) is 80.4 Å². The van der Waals surface area contributed by atoms with E-state index in [4.69, 9.17) is 5.73 Å². The van der Waals surface area contributed by atoms with Crippen LogP contribution in [0.15, 0.2) is 47.4 Å². The highest BCUT2D eigenvalue weighted by molar-refractivity contribution is 5.92. The molecule has 2 atom stereocenters. The Kier molecular flexibility index (Phi) is 4.96. The second-order valence-corrected chi connectivity index (χ2v) is 6.46. The van der Waals surface area contributed by atoms with Crippen LogP contribution in [0.4, 0.5) is 10.1 Å². The second-order valence-electron chi connectivity index (χ2n) is 6.46. The van der Waals surface area contributed by atoms with E-state index in [1.165, 1.54) is 22.8 Å². The van der Waals surface area contributed by atoms with Crippen molar-refractivity contribution in [2.75, 3.05) is 25.0 Å². The van der Waals surface area contributed by atoms with Crippen molar-refractivity contribution in [1.29, 1.82) is 0 Å². The zero-order valence-corrected chi connectivity index (χ0v) is 14.0. The average molecular weight is 344 g/mol. The van der Waals surface area contributed by atoms with E-state index in [1.807, 2.05) is 11.8 Å². The predicted octanol–water partition coefficient (Wildman–Crippen LogP) is 1.19. The van der Waals surface area contributed by atoms with Crippen molar-refractivity contribution < 1.29 is 9.18 Å². The minimum atomic E-state index is -0.590. The molecule has 1 aliphatic rings. The molecule has 3 rings (SSSR count). The van der Waals surface area contributed by atoms with E-state index in [1.54, 1.807) is 24.4 Å². The Morgan fingerprint density at radius 1 is 1.32 bits per heavy atom. The molecule has 6 nitrogen and oxygen atoms in total. The minimum absolute atomic E-state index is 0.0630. The molecule has 1 aromatic carbocycles. The molecule has 1 aliphatic heterocycles. The third kappa shape index (κ3) is 3.94. The molecule has 0 aliphatic carbocycles. The van der Waals surface area contributed by atoms with Crippen molar-refractivity contribution in [2.45, 2.75) is 13.0 Å².